The summed E-state index contributed by atoms with van der Waals surface area (Å²) in [6.45, 7) is 2.51. The number of aliphatic carboxylic acids is 1. The Morgan fingerprint density at radius 1 is 1.34 bits per heavy atom. The van der Waals surface area contributed by atoms with Gasteiger partial charge >= 0.3 is 5.97 Å². The number of thioether (sulfide) groups is 1. The lowest BCUT2D eigenvalue weighted by atomic mass is 9.81. The normalized spacial score (nSPS) is 19.3. The Kier molecular flexibility index (Phi) is 7.71. The summed E-state index contributed by atoms with van der Waals surface area (Å²) in [4.78, 5) is 19.9. The van der Waals surface area contributed by atoms with E-state index in [-0.39, 0.29) is 11.8 Å². The van der Waals surface area contributed by atoms with E-state index in [4.69, 9.17) is 9.15 Å². The minimum Gasteiger partial charge on any atom is -0.497 e. The fourth-order valence-electron chi connectivity index (χ4n) is 4.61. The molecule has 1 aliphatic heterocycles. The molecule has 1 aliphatic rings. The number of pyridine rings is 1. The summed E-state index contributed by atoms with van der Waals surface area (Å²) in [5.74, 6) is 1.04. The van der Waals surface area contributed by atoms with Crippen molar-refractivity contribution in [2.45, 2.75) is 30.6 Å². The van der Waals surface area contributed by atoms with Gasteiger partial charge in [0.25, 0.3) is 0 Å². The van der Waals surface area contributed by atoms with Gasteiger partial charge in [0.15, 0.2) is 0 Å². The van der Waals surface area contributed by atoms with Crippen molar-refractivity contribution < 1.29 is 19.1 Å². The molecular weight excluding hydrogens is 424 g/mol. The number of benzene rings is 1. The van der Waals surface area contributed by atoms with Crippen LogP contribution in [0.25, 0.3) is 10.9 Å². The topological polar surface area (TPSA) is 75.8 Å². The van der Waals surface area contributed by atoms with Crippen molar-refractivity contribution in [2.75, 3.05) is 32.5 Å². The highest BCUT2D eigenvalue weighted by atomic mass is 32.2. The highest BCUT2D eigenvalue weighted by Gasteiger charge is 2.33. The summed E-state index contributed by atoms with van der Waals surface area (Å²) < 4.78 is 10.5. The molecule has 2 aromatic heterocycles. The van der Waals surface area contributed by atoms with Crippen LogP contribution >= 0.6 is 11.8 Å². The van der Waals surface area contributed by atoms with Gasteiger partial charge in [-0.3, -0.25) is 9.78 Å². The molecule has 0 bridgehead atoms. The molecule has 3 heterocycles. The van der Waals surface area contributed by atoms with Gasteiger partial charge in [-0.05, 0) is 74.0 Å². The standard InChI is InChI=1S/C25H30N2O4S/c1-30-20-5-6-24-22(15-20)18(7-10-26-24)3-2-4-19-8-11-27(16-23(19)25(28)29)12-14-32-21-9-13-31-17-21/h5-7,9-10,13,15,17,19,23H,2-4,8,11-12,14,16H2,1H3,(H,28,29)/t19-,23+/m1/s1. The maximum atomic E-state index is 12.0. The summed E-state index contributed by atoms with van der Waals surface area (Å²) in [5, 5.41) is 11.0. The van der Waals surface area contributed by atoms with E-state index < -0.39 is 5.97 Å². The number of carboxylic acid groups (broad SMARTS) is 1. The van der Waals surface area contributed by atoms with E-state index in [1.807, 2.05) is 30.5 Å². The lowest BCUT2D eigenvalue weighted by Gasteiger charge is -2.36. The first kappa shape index (κ1) is 22.7. The Bertz CT molecular complexity index is 1020. The Labute approximate surface area is 193 Å². The summed E-state index contributed by atoms with van der Waals surface area (Å²) in [6.07, 6.45) is 9.05. The summed E-state index contributed by atoms with van der Waals surface area (Å²) in [7, 11) is 1.67. The molecular formula is C25H30N2O4S. The van der Waals surface area contributed by atoms with E-state index in [1.54, 1.807) is 31.4 Å². The molecule has 7 heteroatoms. The van der Waals surface area contributed by atoms with Gasteiger partial charge in [-0.2, -0.15) is 0 Å². The monoisotopic (exact) mass is 454 g/mol. The number of ether oxygens (including phenoxy) is 1. The van der Waals surface area contributed by atoms with Crippen LogP contribution in [0.1, 0.15) is 24.8 Å². The number of nitrogens with zero attached hydrogens (tertiary/aromatic N) is 2. The zero-order valence-electron chi connectivity index (χ0n) is 18.4. The number of carbonyl (C=O) groups is 1. The number of hydrogen-bond donors (Lipinski definition) is 1. The van der Waals surface area contributed by atoms with Crippen LogP contribution in [-0.2, 0) is 11.2 Å². The average Bonchev–Trinajstić information content (AvgIpc) is 3.33. The summed E-state index contributed by atoms with van der Waals surface area (Å²) >= 11 is 1.75. The molecule has 1 fully saturated rings. The van der Waals surface area contributed by atoms with Crippen molar-refractivity contribution in [1.82, 2.24) is 9.88 Å². The fraction of sp³-hybridized carbons (Fsp3) is 0.440. The van der Waals surface area contributed by atoms with Crippen LogP contribution in [0, 0.1) is 11.8 Å². The van der Waals surface area contributed by atoms with Gasteiger partial charge in [0.2, 0.25) is 0 Å². The maximum Gasteiger partial charge on any atom is 0.308 e. The molecule has 170 valence electrons. The molecule has 0 spiro atoms. The van der Waals surface area contributed by atoms with Crippen molar-refractivity contribution >= 4 is 28.6 Å². The molecule has 0 radical (unpaired) electrons. The number of aromatic nitrogens is 1. The number of furan rings is 1. The predicted molar refractivity (Wildman–Crippen MR) is 126 cm³/mol. The summed E-state index contributed by atoms with van der Waals surface area (Å²) in [6, 6.07) is 9.98. The minimum atomic E-state index is -0.665. The average molecular weight is 455 g/mol. The van der Waals surface area contributed by atoms with Crippen LogP contribution in [0.4, 0.5) is 0 Å². The van der Waals surface area contributed by atoms with Gasteiger partial charge in [0, 0.05) is 35.3 Å². The van der Waals surface area contributed by atoms with E-state index in [2.05, 4.69) is 16.0 Å². The maximum absolute atomic E-state index is 12.0. The van der Waals surface area contributed by atoms with Gasteiger partial charge in [-0.25, -0.2) is 0 Å². The molecule has 6 nitrogen and oxygen atoms in total. The van der Waals surface area contributed by atoms with Gasteiger partial charge in [-0.15, -0.1) is 11.8 Å². The van der Waals surface area contributed by atoms with Gasteiger partial charge < -0.3 is 19.2 Å². The third-order valence-electron chi connectivity index (χ3n) is 6.39. The van der Waals surface area contributed by atoms with E-state index in [1.165, 1.54) is 5.56 Å². The number of methoxy groups -OCH3 is 1. The molecule has 1 N–H and O–H groups in total. The Hall–Kier alpha value is -2.51. The third-order valence-corrected chi connectivity index (χ3v) is 7.34. The predicted octanol–water partition coefficient (Wildman–Crippen LogP) is 4.97. The molecule has 4 rings (SSSR count). The van der Waals surface area contributed by atoms with E-state index in [0.29, 0.717) is 6.54 Å². The quantitative estimate of drug-likeness (QED) is 0.433. The van der Waals surface area contributed by atoms with Crippen LogP contribution < -0.4 is 4.74 Å². The third kappa shape index (κ3) is 5.64. The Morgan fingerprint density at radius 2 is 2.25 bits per heavy atom. The molecule has 0 saturated carbocycles. The largest absolute Gasteiger partial charge is 0.497 e. The summed E-state index contributed by atoms with van der Waals surface area (Å²) in [5.41, 5.74) is 2.21. The zero-order chi connectivity index (χ0) is 22.3. The number of aryl methyl sites for hydroxylation is 1. The molecule has 0 unspecified atom stereocenters. The lowest BCUT2D eigenvalue weighted by molar-refractivity contribution is -0.146. The Balaban J connectivity index is 1.30. The first-order valence-electron chi connectivity index (χ1n) is 11.2. The first-order valence-corrected chi connectivity index (χ1v) is 12.1. The Morgan fingerprint density at radius 3 is 3.03 bits per heavy atom. The highest BCUT2D eigenvalue weighted by Crippen LogP contribution is 2.30. The number of hydrogen-bond acceptors (Lipinski definition) is 6. The molecule has 0 amide bonds. The second-order valence-electron chi connectivity index (χ2n) is 8.35. The van der Waals surface area contributed by atoms with Crippen molar-refractivity contribution in [2.24, 2.45) is 11.8 Å². The van der Waals surface area contributed by atoms with Crippen molar-refractivity contribution in [3.8, 4) is 5.75 Å². The molecule has 1 saturated heterocycles. The second-order valence-corrected chi connectivity index (χ2v) is 9.52. The van der Waals surface area contributed by atoms with Crippen LogP contribution in [-0.4, -0.2) is 53.5 Å². The van der Waals surface area contributed by atoms with Crippen LogP contribution in [0.5, 0.6) is 5.75 Å². The number of carboxylic acids is 1. The van der Waals surface area contributed by atoms with Crippen molar-refractivity contribution in [1.29, 1.82) is 0 Å². The molecule has 0 aliphatic carbocycles. The number of likely N-dealkylation sites (tertiary alicyclic amines) is 1. The molecule has 3 aromatic rings. The number of rotatable bonds is 10. The second kappa shape index (κ2) is 10.9. The molecule has 1 aromatic carbocycles. The molecule has 32 heavy (non-hydrogen) atoms. The number of piperidine rings is 1. The van der Waals surface area contributed by atoms with Gasteiger partial charge in [0.05, 0.1) is 24.8 Å². The van der Waals surface area contributed by atoms with Crippen LogP contribution in [0.2, 0.25) is 0 Å². The first-order chi connectivity index (χ1) is 15.6. The van der Waals surface area contributed by atoms with Gasteiger partial charge in [0.1, 0.15) is 12.0 Å². The smallest absolute Gasteiger partial charge is 0.308 e. The van der Waals surface area contributed by atoms with E-state index in [9.17, 15) is 9.90 Å². The van der Waals surface area contributed by atoms with Crippen molar-refractivity contribution in [3.05, 3.63) is 54.6 Å². The number of fused-ring (bicyclic) bond motifs is 1. The molecule has 2 atom stereocenters. The lowest BCUT2D eigenvalue weighted by Crippen LogP contribution is -2.44. The van der Waals surface area contributed by atoms with Gasteiger partial charge in [-0.1, -0.05) is 0 Å². The van der Waals surface area contributed by atoms with Crippen LogP contribution in [0.3, 0.4) is 0 Å². The van der Waals surface area contributed by atoms with Crippen molar-refractivity contribution in [3.63, 3.8) is 0 Å². The van der Waals surface area contributed by atoms with E-state index in [0.717, 1.165) is 66.1 Å². The SMILES string of the molecule is COc1ccc2nccc(CCC[C@@H]3CCN(CCSc4ccoc4)C[C@@H]3C(=O)O)c2c1. The van der Waals surface area contributed by atoms with Crippen LogP contribution in [0.15, 0.2) is 58.4 Å². The fourth-order valence-corrected chi connectivity index (χ4v) is 5.47. The minimum absolute atomic E-state index is 0.230. The zero-order valence-corrected chi connectivity index (χ0v) is 19.2. The van der Waals surface area contributed by atoms with E-state index >= 15 is 0 Å². The highest BCUT2D eigenvalue weighted by molar-refractivity contribution is 7.99.